The molecular weight excluding hydrogens is 184 g/mol. The van der Waals surface area contributed by atoms with Gasteiger partial charge in [-0.15, -0.1) is 0 Å². The molecule has 82 valence electrons. The van der Waals surface area contributed by atoms with Crippen LogP contribution in [0.4, 0.5) is 5.69 Å². The molecular formula is C13H20N2. The van der Waals surface area contributed by atoms with Crippen LogP contribution in [0.25, 0.3) is 0 Å². The Bertz CT molecular complexity index is 358. The van der Waals surface area contributed by atoms with Crippen molar-refractivity contribution < 1.29 is 0 Å². The molecule has 0 saturated carbocycles. The Morgan fingerprint density at radius 1 is 1.47 bits per heavy atom. The van der Waals surface area contributed by atoms with Gasteiger partial charge < -0.3 is 10.6 Å². The van der Waals surface area contributed by atoms with Gasteiger partial charge in [-0.25, -0.2) is 0 Å². The lowest BCUT2D eigenvalue weighted by Crippen LogP contribution is -2.30. The third-order valence-electron chi connectivity index (χ3n) is 3.34. The zero-order valence-corrected chi connectivity index (χ0v) is 9.83. The molecule has 0 aromatic heterocycles. The molecule has 0 radical (unpaired) electrons. The molecule has 0 bridgehead atoms. The second-order valence-corrected chi connectivity index (χ2v) is 4.69. The molecule has 2 heteroatoms. The largest absolute Gasteiger partial charge is 0.368 e. The third-order valence-corrected chi connectivity index (χ3v) is 3.34. The first-order valence-electron chi connectivity index (χ1n) is 5.71. The Kier molecular flexibility index (Phi) is 2.70. The Morgan fingerprint density at radius 2 is 2.20 bits per heavy atom. The summed E-state index contributed by atoms with van der Waals surface area (Å²) in [5.41, 5.74) is 10.1. The van der Waals surface area contributed by atoms with Crippen LogP contribution < -0.4 is 10.6 Å². The van der Waals surface area contributed by atoms with Crippen molar-refractivity contribution in [3.63, 3.8) is 0 Å². The molecule has 1 heterocycles. The van der Waals surface area contributed by atoms with Crippen LogP contribution in [-0.4, -0.2) is 19.1 Å². The van der Waals surface area contributed by atoms with Crippen molar-refractivity contribution in [1.29, 1.82) is 0 Å². The molecule has 1 unspecified atom stereocenters. The molecule has 1 aromatic rings. The van der Waals surface area contributed by atoms with Crippen molar-refractivity contribution in [2.75, 3.05) is 18.0 Å². The molecule has 15 heavy (non-hydrogen) atoms. The quantitative estimate of drug-likeness (QED) is 0.800. The second-order valence-electron chi connectivity index (χ2n) is 4.69. The van der Waals surface area contributed by atoms with Gasteiger partial charge in [0.2, 0.25) is 0 Å². The SMILES string of the molecule is Cc1cccc2c1C(CN)CN2C(C)C. The minimum atomic E-state index is 0.517. The zero-order chi connectivity index (χ0) is 11.0. The van der Waals surface area contributed by atoms with E-state index < -0.39 is 0 Å². The van der Waals surface area contributed by atoms with E-state index in [0.29, 0.717) is 12.0 Å². The van der Waals surface area contributed by atoms with Crippen LogP contribution in [-0.2, 0) is 0 Å². The maximum Gasteiger partial charge on any atom is 0.0407 e. The highest BCUT2D eigenvalue weighted by Crippen LogP contribution is 2.38. The van der Waals surface area contributed by atoms with E-state index in [1.165, 1.54) is 16.8 Å². The number of fused-ring (bicyclic) bond motifs is 1. The molecule has 2 rings (SSSR count). The van der Waals surface area contributed by atoms with Crippen molar-refractivity contribution >= 4 is 5.69 Å². The average molecular weight is 204 g/mol. The van der Waals surface area contributed by atoms with E-state index in [-0.39, 0.29) is 0 Å². The van der Waals surface area contributed by atoms with Gasteiger partial charge in [0.25, 0.3) is 0 Å². The van der Waals surface area contributed by atoms with E-state index in [9.17, 15) is 0 Å². The summed E-state index contributed by atoms with van der Waals surface area (Å²) in [6.45, 7) is 8.50. The molecule has 1 aliphatic rings. The van der Waals surface area contributed by atoms with E-state index >= 15 is 0 Å². The minimum Gasteiger partial charge on any atom is -0.368 e. The molecule has 1 aromatic carbocycles. The van der Waals surface area contributed by atoms with E-state index in [1.54, 1.807) is 0 Å². The Labute approximate surface area is 92.1 Å². The first kappa shape index (κ1) is 10.5. The monoisotopic (exact) mass is 204 g/mol. The summed E-state index contributed by atoms with van der Waals surface area (Å²) in [5.74, 6) is 0.517. The van der Waals surface area contributed by atoms with Gasteiger partial charge in [-0.05, 0) is 38.0 Å². The van der Waals surface area contributed by atoms with Crippen molar-refractivity contribution in [1.82, 2.24) is 0 Å². The topological polar surface area (TPSA) is 29.3 Å². The lowest BCUT2D eigenvalue weighted by atomic mass is 9.97. The van der Waals surface area contributed by atoms with Gasteiger partial charge in [0.05, 0.1) is 0 Å². The Balaban J connectivity index is 2.47. The molecule has 1 atom stereocenters. The van der Waals surface area contributed by atoms with Gasteiger partial charge in [0.1, 0.15) is 0 Å². The maximum atomic E-state index is 5.85. The fourth-order valence-electron chi connectivity index (χ4n) is 2.56. The smallest absolute Gasteiger partial charge is 0.0407 e. The lowest BCUT2D eigenvalue weighted by molar-refractivity contribution is 0.646. The number of nitrogens with two attached hydrogens (primary N) is 1. The van der Waals surface area contributed by atoms with Gasteiger partial charge in [0, 0.05) is 30.7 Å². The Morgan fingerprint density at radius 3 is 2.80 bits per heavy atom. The lowest BCUT2D eigenvalue weighted by Gasteiger charge is -2.24. The number of anilines is 1. The summed E-state index contributed by atoms with van der Waals surface area (Å²) in [4.78, 5) is 2.46. The normalized spacial score (nSPS) is 19.8. The number of hydrogen-bond acceptors (Lipinski definition) is 2. The highest BCUT2D eigenvalue weighted by Gasteiger charge is 2.29. The van der Waals surface area contributed by atoms with E-state index in [1.807, 2.05) is 0 Å². The highest BCUT2D eigenvalue weighted by atomic mass is 15.2. The van der Waals surface area contributed by atoms with Crippen molar-refractivity contribution in [3.05, 3.63) is 29.3 Å². The molecule has 0 spiro atoms. The maximum absolute atomic E-state index is 5.85. The number of nitrogens with zero attached hydrogens (tertiary/aromatic N) is 1. The van der Waals surface area contributed by atoms with Crippen LogP contribution in [0.5, 0.6) is 0 Å². The number of hydrogen-bond donors (Lipinski definition) is 1. The van der Waals surface area contributed by atoms with Crippen LogP contribution in [0.1, 0.15) is 30.9 Å². The first-order chi connectivity index (χ1) is 7.15. The van der Waals surface area contributed by atoms with Gasteiger partial charge in [-0.1, -0.05) is 12.1 Å². The van der Waals surface area contributed by atoms with Crippen molar-refractivity contribution in [2.45, 2.75) is 32.7 Å². The summed E-state index contributed by atoms with van der Waals surface area (Å²) in [6.07, 6.45) is 0. The van der Waals surface area contributed by atoms with Crippen molar-refractivity contribution in [2.24, 2.45) is 5.73 Å². The number of rotatable bonds is 2. The van der Waals surface area contributed by atoms with Crippen LogP contribution in [0.3, 0.4) is 0 Å². The van der Waals surface area contributed by atoms with E-state index in [4.69, 9.17) is 5.73 Å². The number of aryl methyl sites for hydroxylation is 1. The molecule has 0 amide bonds. The van der Waals surface area contributed by atoms with E-state index in [0.717, 1.165) is 13.1 Å². The van der Waals surface area contributed by atoms with Gasteiger partial charge in [-0.2, -0.15) is 0 Å². The van der Waals surface area contributed by atoms with Crippen LogP contribution in [0, 0.1) is 6.92 Å². The first-order valence-corrected chi connectivity index (χ1v) is 5.71. The summed E-state index contributed by atoms with van der Waals surface area (Å²) >= 11 is 0. The Hall–Kier alpha value is -1.02. The molecule has 2 nitrogen and oxygen atoms in total. The summed E-state index contributed by atoms with van der Waals surface area (Å²) in [5, 5.41) is 0. The highest BCUT2D eigenvalue weighted by molar-refractivity contribution is 5.63. The van der Waals surface area contributed by atoms with Crippen molar-refractivity contribution in [3.8, 4) is 0 Å². The molecule has 2 N–H and O–H groups in total. The van der Waals surface area contributed by atoms with E-state index in [2.05, 4.69) is 43.9 Å². The van der Waals surface area contributed by atoms with Gasteiger partial charge in [0.15, 0.2) is 0 Å². The van der Waals surface area contributed by atoms with Gasteiger partial charge in [-0.3, -0.25) is 0 Å². The summed E-state index contributed by atoms with van der Waals surface area (Å²) in [6, 6.07) is 7.10. The minimum absolute atomic E-state index is 0.517. The summed E-state index contributed by atoms with van der Waals surface area (Å²) in [7, 11) is 0. The molecule has 0 saturated heterocycles. The summed E-state index contributed by atoms with van der Waals surface area (Å²) < 4.78 is 0. The molecule has 1 aliphatic heterocycles. The third kappa shape index (κ3) is 1.63. The van der Waals surface area contributed by atoms with Crippen LogP contribution in [0.2, 0.25) is 0 Å². The van der Waals surface area contributed by atoms with Crippen LogP contribution in [0.15, 0.2) is 18.2 Å². The zero-order valence-electron chi connectivity index (χ0n) is 9.83. The predicted molar refractivity (Wildman–Crippen MR) is 65.5 cm³/mol. The average Bonchev–Trinajstić information content (AvgIpc) is 2.58. The molecule has 0 aliphatic carbocycles. The predicted octanol–water partition coefficient (Wildman–Crippen LogP) is 2.27. The second kappa shape index (κ2) is 3.86. The fraction of sp³-hybridized carbons (Fsp3) is 0.538. The van der Waals surface area contributed by atoms with Crippen LogP contribution >= 0.6 is 0 Å². The van der Waals surface area contributed by atoms with Gasteiger partial charge >= 0.3 is 0 Å². The number of benzene rings is 1. The molecule has 0 fully saturated rings. The standard InChI is InChI=1S/C13H20N2/c1-9(2)15-8-11(7-14)13-10(3)5-4-6-12(13)15/h4-6,9,11H,7-8,14H2,1-3H3. The fourth-order valence-corrected chi connectivity index (χ4v) is 2.56.